The van der Waals surface area contributed by atoms with Crippen molar-refractivity contribution in [1.82, 2.24) is 15.5 Å². The Morgan fingerprint density at radius 1 is 1.27 bits per heavy atom. The molecule has 0 radical (unpaired) electrons. The molecule has 2 saturated heterocycles. The summed E-state index contributed by atoms with van der Waals surface area (Å²) in [7, 11) is 0. The number of hydrogen-bond donors (Lipinski definition) is 2. The first-order valence-corrected chi connectivity index (χ1v) is 7.18. The molecule has 1 spiro atoms. The zero-order chi connectivity index (χ0) is 15.6. The van der Waals surface area contributed by atoms with Gasteiger partial charge in [0.2, 0.25) is 0 Å². The Morgan fingerprint density at radius 2 is 2.05 bits per heavy atom. The lowest BCUT2D eigenvalue weighted by Gasteiger charge is -2.37. The zero-order valence-corrected chi connectivity index (χ0v) is 12.0. The van der Waals surface area contributed by atoms with E-state index in [1.807, 2.05) is 30.3 Å². The van der Waals surface area contributed by atoms with Gasteiger partial charge in [-0.25, -0.2) is 9.59 Å². The lowest BCUT2D eigenvalue weighted by Crippen LogP contribution is -2.59. The van der Waals surface area contributed by atoms with Gasteiger partial charge in [0.05, 0.1) is 6.54 Å². The summed E-state index contributed by atoms with van der Waals surface area (Å²) < 4.78 is 5.27. The fourth-order valence-corrected chi connectivity index (χ4v) is 2.84. The molecular weight excluding hydrogens is 286 g/mol. The molecule has 2 aliphatic rings. The third-order valence-corrected chi connectivity index (χ3v) is 3.97. The van der Waals surface area contributed by atoms with Crippen molar-refractivity contribution in [3.05, 3.63) is 35.9 Å². The second kappa shape index (κ2) is 5.67. The molecule has 4 amide bonds. The third kappa shape index (κ3) is 2.74. The molecule has 2 fully saturated rings. The van der Waals surface area contributed by atoms with E-state index in [0.717, 1.165) is 5.56 Å². The van der Waals surface area contributed by atoms with Gasteiger partial charge < -0.3 is 15.0 Å². The number of nitrogens with zero attached hydrogens (tertiary/aromatic N) is 1. The fourth-order valence-electron chi connectivity index (χ4n) is 2.84. The van der Waals surface area contributed by atoms with Crippen LogP contribution in [0.25, 0.3) is 0 Å². The van der Waals surface area contributed by atoms with E-state index < -0.39 is 17.7 Å². The van der Waals surface area contributed by atoms with Crippen LogP contribution in [-0.4, -0.2) is 41.6 Å². The number of amides is 4. The Kier molecular flexibility index (Phi) is 3.70. The minimum atomic E-state index is -1.01. The summed E-state index contributed by atoms with van der Waals surface area (Å²) in [6.45, 7) is 0.832. The van der Waals surface area contributed by atoms with E-state index in [-0.39, 0.29) is 19.1 Å². The van der Waals surface area contributed by atoms with Crippen molar-refractivity contribution < 1.29 is 19.1 Å². The van der Waals surface area contributed by atoms with Crippen LogP contribution in [0.2, 0.25) is 0 Å². The summed E-state index contributed by atoms with van der Waals surface area (Å²) >= 11 is 0. The van der Waals surface area contributed by atoms with Gasteiger partial charge in [-0.05, 0) is 18.4 Å². The van der Waals surface area contributed by atoms with E-state index in [1.54, 1.807) is 0 Å². The number of carbonyl (C=O) groups excluding carboxylic acids is 3. The molecule has 2 aliphatic heterocycles. The van der Waals surface area contributed by atoms with Crippen LogP contribution in [0.3, 0.4) is 0 Å². The summed E-state index contributed by atoms with van der Waals surface area (Å²) in [4.78, 5) is 36.9. The van der Waals surface area contributed by atoms with E-state index >= 15 is 0 Å². The van der Waals surface area contributed by atoms with Gasteiger partial charge in [0.15, 0.2) is 0 Å². The predicted molar refractivity (Wildman–Crippen MR) is 76.8 cm³/mol. The monoisotopic (exact) mass is 303 g/mol. The molecular formula is C15H17N3O4. The van der Waals surface area contributed by atoms with E-state index in [0.29, 0.717) is 19.4 Å². The van der Waals surface area contributed by atoms with E-state index in [9.17, 15) is 14.4 Å². The SMILES string of the molecule is O=C1NC(=O)[C@]2(CCCN(C(=O)OCc3ccccc3)C2)N1. The minimum Gasteiger partial charge on any atom is -0.445 e. The average Bonchev–Trinajstić information content (AvgIpc) is 2.79. The lowest BCUT2D eigenvalue weighted by atomic mass is 9.89. The van der Waals surface area contributed by atoms with Gasteiger partial charge in [0, 0.05) is 6.54 Å². The lowest BCUT2D eigenvalue weighted by molar-refractivity contribution is -0.125. The number of piperidine rings is 1. The fraction of sp³-hybridized carbons (Fsp3) is 0.400. The van der Waals surface area contributed by atoms with Crippen LogP contribution in [0.15, 0.2) is 30.3 Å². The first-order valence-electron chi connectivity index (χ1n) is 7.18. The normalized spacial score (nSPS) is 24.1. The van der Waals surface area contributed by atoms with Gasteiger partial charge in [0.1, 0.15) is 12.1 Å². The van der Waals surface area contributed by atoms with Crippen LogP contribution in [0.5, 0.6) is 0 Å². The molecule has 1 atom stereocenters. The molecule has 7 nitrogen and oxygen atoms in total. The molecule has 3 rings (SSSR count). The van der Waals surface area contributed by atoms with Crippen molar-refractivity contribution in [3.63, 3.8) is 0 Å². The smallest absolute Gasteiger partial charge is 0.410 e. The summed E-state index contributed by atoms with van der Waals surface area (Å²) in [6, 6.07) is 8.87. The van der Waals surface area contributed by atoms with Gasteiger partial charge in [0.25, 0.3) is 5.91 Å². The second-order valence-electron chi connectivity index (χ2n) is 5.56. The molecule has 2 N–H and O–H groups in total. The molecule has 1 aromatic carbocycles. The molecule has 0 aromatic heterocycles. The molecule has 116 valence electrons. The van der Waals surface area contributed by atoms with Crippen LogP contribution < -0.4 is 10.6 Å². The maximum absolute atomic E-state index is 12.2. The highest BCUT2D eigenvalue weighted by Gasteiger charge is 2.49. The Hall–Kier alpha value is -2.57. The van der Waals surface area contributed by atoms with E-state index in [4.69, 9.17) is 4.74 Å². The number of urea groups is 1. The summed E-state index contributed by atoms with van der Waals surface area (Å²) in [6.07, 6.45) is 0.679. The van der Waals surface area contributed by atoms with E-state index in [1.165, 1.54) is 4.90 Å². The standard InChI is InChI=1S/C15H17N3O4/c19-12-15(17-13(20)16-12)7-4-8-18(10-15)14(21)22-9-11-5-2-1-3-6-11/h1-3,5-6H,4,7-10H2,(H2,16,17,19,20)/t15-/m1/s1. The quantitative estimate of drug-likeness (QED) is 0.798. The number of carbonyl (C=O) groups is 3. The summed E-state index contributed by atoms with van der Waals surface area (Å²) in [5, 5.41) is 4.86. The van der Waals surface area contributed by atoms with Crippen LogP contribution >= 0.6 is 0 Å². The van der Waals surface area contributed by atoms with Crippen LogP contribution in [0.1, 0.15) is 18.4 Å². The highest BCUT2D eigenvalue weighted by Crippen LogP contribution is 2.25. The predicted octanol–water partition coefficient (Wildman–Crippen LogP) is 0.997. The number of hydrogen-bond acceptors (Lipinski definition) is 4. The largest absolute Gasteiger partial charge is 0.445 e. The molecule has 7 heteroatoms. The number of nitrogens with one attached hydrogen (secondary N) is 2. The van der Waals surface area contributed by atoms with Gasteiger partial charge in [-0.15, -0.1) is 0 Å². The van der Waals surface area contributed by atoms with E-state index in [2.05, 4.69) is 10.6 Å². The van der Waals surface area contributed by atoms with Crippen molar-refractivity contribution in [2.45, 2.75) is 25.0 Å². The van der Waals surface area contributed by atoms with Gasteiger partial charge in [-0.1, -0.05) is 30.3 Å². The van der Waals surface area contributed by atoms with Crippen molar-refractivity contribution in [2.75, 3.05) is 13.1 Å². The first kappa shape index (κ1) is 14.4. The number of likely N-dealkylation sites (tertiary alicyclic amines) is 1. The second-order valence-corrected chi connectivity index (χ2v) is 5.56. The van der Waals surface area contributed by atoms with Crippen molar-refractivity contribution in [2.24, 2.45) is 0 Å². The van der Waals surface area contributed by atoms with Crippen LogP contribution in [0.4, 0.5) is 9.59 Å². The summed E-state index contributed by atoms with van der Waals surface area (Å²) in [5.41, 5.74) is -0.115. The maximum atomic E-state index is 12.2. The molecule has 0 bridgehead atoms. The van der Waals surface area contributed by atoms with Gasteiger partial charge >= 0.3 is 12.1 Å². The number of benzene rings is 1. The van der Waals surface area contributed by atoms with Gasteiger partial charge in [-0.2, -0.15) is 0 Å². The molecule has 0 unspecified atom stereocenters. The Labute approximate surface area is 127 Å². The number of ether oxygens (including phenoxy) is 1. The number of rotatable bonds is 2. The number of imide groups is 1. The summed E-state index contributed by atoms with van der Waals surface area (Å²) in [5.74, 6) is -0.377. The maximum Gasteiger partial charge on any atom is 0.410 e. The minimum absolute atomic E-state index is 0.137. The van der Waals surface area contributed by atoms with Crippen molar-refractivity contribution in [3.8, 4) is 0 Å². The molecule has 0 aliphatic carbocycles. The average molecular weight is 303 g/mol. The molecule has 1 aromatic rings. The van der Waals surface area contributed by atoms with Gasteiger partial charge in [-0.3, -0.25) is 10.1 Å². The van der Waals surface area contributed by atoms with Crippen molar-refractivity contribution >= 4 is 18.0 Å². The molecule has 22 heavy (non-hydrogen) atoms. The third-order valence-electron chi connectivity index (χ3n) is 3.97. The Bertz CT molecular complexity index is 604. The molecule has 2 heterocycles. The Morgan fingerprint density at radius 3 is 2.73 bits per heavy atom. The topological polar surface area (TPSA) is 87.7 Å². The first-order chi connectivity index (χ1) is 10.6. The highest BCUT2D eigenvalue weighted by molar-refractivity contribution is 6.07. The van der Waals surface area contributed by atoms with Crippen LogP contribution in [0, 0.1) is 0 Å². The van der Waals surface area contributed by atoms with Crippen LogP contribution in [-0.2, 0) is 16.1 Å². The van der Waals surface area contributed by atoms with Crippen molar-refractivity contribution in [1.29, 1.82) is 0 Å². The Balaban J connectivity index is 1.61. The molecule has 0 saturated carbocycles. The zero-order valence-electron chi connectivity index (χ0n) is 12.0. The highest BCUT2D eigenvalue weighted by atomic mass is 16.6.